The molecule has 3 rings (SSSR count). The van der Waals surface area contributed by atoms with Gasteiger partial charge in [0.2, 0.25) is 0 Å². The van der Waals surface area contributed by atoms with Crippen molar-refractivity contribution in [3.8, 4) is 11.4 Å². The molecule has 0 aliphatic rings. The molecule has 29 heavy (non-hydrogen) atoms. The van der Waals surface area contributed by atoms with Crippen molar-refractivity contribution in [1.29, 1.82) is 0 Å². The fourth-order valence-electron chi connectivity index (χ4n) is 2.82. The minimum absolute atomic E-state index is 0.152. The highest BCUT2D eigenvalue weighted by atomic mass is 32.2. The second-order valence-corrected chi connectivity index (χ2v) is 7.17. The van der Waals surface area contributed by atoms with Crippen molar-refractivity contribution in [2.75, 3.05) is 11.5 Å². The normalized spacial score (nSPS) is 11.0. The monoisotopic (exact) mass is 418 g/mol. The van der Waals surface area contributed by atoms with Crippen molar-refractivity contribution in [3.63, 3.8) is 0 Å². The van der Waals surface area contributed by atoms with E-state index in [0.717, 1.165) is 16.3 Å². The Hall–Kier alpha value is -3.21. The Kier molecular flexibility index (Phi) is 5.97. The average Bonchev–Trinajstić information content (AvgIpc) is 3.04. The Labute approximate surface area is 168 Å². The fraction of sp³-hybridized carbons (Fsp3) is 0.278. The van der Waals surface area contributed by atoms with E-state index < -0.39 is 22.8 Å². The van der Waals surface area contributed by atoms with Gasteiger partial charge in [-0.3, -0.25) is 19.1 Å². The molecule has 3 aromatic rings. The molecule has 0 spiro atoms. The van der Waals surface area contributed by atoms with Gasteiger partial charge >= 0.3 is 5.69 Å². The molecule has 0 bridgehead atoms. The van der Waals surface area contributed by atoms with E-state index >= 15 is 0 Å². The lowest BCUT2D eigenvalue weighted by Gasteiger charge is -2.11. The number of hydrogen-bond donors (Lipinski definition) is 2. The molecule has 11 heteroatoms. The largest absolute Gasteiger partial charge is 0.384 e. The van der Waals surface area contributed by atoms with Crippen LogP contribution in [0, 0.1) is 5.82 Å². The molecule has 152 valence electrons. The molecule has 1 aromatic carbocycles. The van der Waals surface area contributed by atoms with Crippen LogP contribution in [0.5, 0.6) is 0 Å². The molecule has 0 amide bonds. The van der Waals surface area contributed by atoms with Crippen molar-refractivity contribution in [3.05, 3.63) is 56.5 Å². The van der Waals surface area contributed by atoms with Gasteiger partial charge in [0.1, 0.15) is 17.2 Å². The van der Waals surface area contributed by atoms with Crippen LogP contribution in [0.4, 0.5) is 10.2 Å². The first-order valence-electron chi connectivity index (χ1n) is 8.78. The summed E-state index contributed by atoms with van der Waals surface area (Å²) in [7, 11) is 1.65. The third-order valence-electron chi connectivity index (χ3n) is 4.25. The van der Waals surface area contributed by atoms with Crippen molar-refractivity contribution in [1.82, 2.24) is 24.3 Å². The summed E-state index contributed by atoms with van der Waals surface area (Å²) >= 11 is 1.03. The molecule has 0 aliphatic carbocycles. The first-order valence-corrected chi connectivity index (χ1v) is 9.76. The molecule has 3 N–H and O–H groups in total. The van der Waals surface area contributed by atoms with Crippen LogP contribution < -0.4 is 17.0 Å². The highest BCUT2D eigenvalue weighted by Crippen LogP contribution is 2.25. The van der Waals surface area contributed by atoms with Gasteiger partial charge in [0.15, 0.2) is 16.8 Å². The van der Waals surface area contributed by atoms with Gasteiger partial charge in [0.25, 0.3) is 5.56 Å². The van der Waals surface area contributed by atoms with Crippen LogP contribution >= 0.6 is 11.8 Å². The minimum atomic E-state index is -0.824. The molecular formula is C18H19FN6O3S. The lowest BCUT2D eigenvalue weighted by atomic mass is 10.2. The zero-order valence-electron chi connectivity index (χ0n) is 15.8. The van der Waals surface area contributed by atoms with Gasteiger partial charge in [-0.2, -0.15) is 0 Å². The molecule has 0 aliphatic heterocycles. The van der Waals surface area contributed by atoms with Crippen LogP contribution in [0.3, 0.4) is 0 Å². The van der Waals surface area contributed by atoms with Gasteiger partial charge in [-0.1, -0.05) is 30.8 Å². The number of aromatic amines is 1. The van der Waals surface area contributed by atoms with E-state index in [1.54, 1.807) is 29.8 Å². The zero-order valence-corrected chi connectivity index (χ0v) is 16.6. The number of carbonyl (C=O) groups is 1. The van der Waals surface area contributed by atoms with Crippen LogP contribution in [0.15, 0.2) is 39.0 Å². The number of Topliss-reactive ketones (excluding diaryl/α,β-unsaturated/α-hetero) is 1. The lowest BCUT2D eigenvalue weighted by molar-refractivity contribution is 0.102. The molecule has 0 saturated carbocycles. The number of ketones is 1. The Bertz CT molecular complexity index is 1180. The topological polar surface area (TPSA) is 129 Å². The summed E-state index contributed by atoms with van der Waals surface area (Å²) in [4.78, 5) is 38.7. The van der Waals surface area contributed by atoms with Gasteiger partial charge in [0.05, 0.1) is 11.3 Å². The van der Waals surface area contributed by atoms with Crippen LogP contribution in [0.1, 0.15) is 23.7 Å². The van der Waals surface area contributed by atoms with E-state index in [1.165, 1.54) is 6.07 Å². The number of carbonyl (C=O) groups excluding carboxylic acids is 1. The number of nitrogen functional groups attached to an aromatic ring is 1. The smallest absolute Gasteiger partial charge is 0.329 e. The van der Waals surface area contributed by atoms with Crippen LogP contribution in [0.25, 0.3) is 11.4 Å². The molecule has 0 saturated heterocycles. The van der Waals surface area contributed by atoms with Crippen LogP contribution in [-0.4, -0.2) is 35.9 Å². The first kappa shape index (κ1) is 20.5. The third kappa shape index (κ3) is 3.99. The van der Waals surface area contributed by atoms with Gasteiger partial charge in [-0.05, 0) is 18.6 Å². The number of halogens is 1. The standard InChI is InChI=1S/C18H19FN6O3S/c1-3-8-25-14(20)13(16(27)21-17(25)28)12(26)9-29-18-23-22-15(24(18)2)10-6-4-5-7-11(10)19/h4-7H,3,8-9,20H2,1-2H3,(H,21,27,28). The Morgan fingerprint density at radius 3 is 2.69 bits per heavy atom. The third-order valence-corrected chi connectivity index (χ3v) is 5.27. The molecule has 2 heterocycles. The number of nitrogens with two attached hydrogens (primary N) is 1. The van der Waals surface area contributed by atoms with E-state index in [2.05, 4.69) is 15.2 Å². The molecule has 0 atom stereocenters. The summed E-state index contributed by atoms with van der Waals surface area (Å²) in [6, 6.07) is 6.16. The predicted octanol–water partition coefficient (Wildman–Crippen LogP) is 1.44. The maximum Gasteiger partial charge on any atom is 0.329 e. The minimum Gasteiger partial charge on any atom is -0.384 e. The molecule has 0 unspecified atom stereocenters. The fourth-order valence-corrected chi connectivity index (χ4v) is 3.61. The van der Waals surface area contributed by atoms with E-state index in [0.29, 0.717) is 17.4 Å². The van der Waals surface area contributed by atoms with Crippen molar-refractivity contribution < 1.29 is 9.18 Å². The second-order valence-electron chi connectivity index (χ2n) is 6.23. The summed E-state index contributed by atoms with van der Waals surface area (Å²) in [6.45, 7) is 2.12. The summed E-state index contributed by atoms with van der Waals surface area (Å²) in [5.41, 5.74) is 4.45. The van der Waals surface area contributed by atoms with Crippen LogP contribution in [-0.2, 0) is 13.6 Å². The number of anilines is 1. The zero-order chi connectivity index (χ0) is 21.1. The quantitative estimate of drug-likeness (QED) is 0.439. The van der Waals surface area contributed by atoms with E-state index in [-0.39, 0.29) is 29.2 Å². The molecule has 0 fully saturated rings. The molecule has 2 aromatic heterocycles. The lowest BCUT2D eigenvalue weighted by Crippen LogP contribution is -2.36. The maximum atomic E-state index is 14.0. The summed E-state index contributed by atoms with van der Waals surface area (Å²) < 4.78 is 16.7. The summed E-state index contributed by atoms with van der Waals surface area (Å²) in [6.07, 6.45) is 0.607. The van der Waals surface area contributed by atoms with Gasteiger partial charge in [-0.25, -0.2) is 9.18 Å². The molecule has 0 radical (unpaired) electrons. The Morgan fingerprint density at radius 2 is 2.00 bits per heavy atom. The highest BCUT2D eigenvalue weighted by molar-refractivity contribution is 7.99. The van der Waals surface area contributed by atoms with Crippen LogP contribution in [0.2, 0.25) is 0 Å². The van der Waals surface area contributed by atoms with Gasteiger partial charge in [0, 0.05) is 13.6 Å². The van der Waals surface area contributed by atoms with E-state index in [9.17, 15) is 18.8 Å². The summed E-state index contributed by atoms with van der Waals surface area (Å²) in [5.74, 6) is -0.980. The second kappa shape index (κ2) is 8.43. The average molecular weight is 418 g/mol. The molecular weight excluding hydrogens is 399 g/mol. The maximum absolute atomic E-state index is 14.0. The highest BCUT2D eigenvalue weighted by Gasteiger charge is 2.21. The number of H-pyrrole nitrogens is 1. The van der Waals surface area contributed by atoms with Gasteiger partial charge < -0.3 is 10.3 Å². The number of benzene rings is 1. The SMILES string of the molecule is CCCn1c(N)c(C(=O)CSc2nnc(-c3ccccc3F)n2C)c(=O)[nH]c1=O. The Balaban J connectivity index is 1.84. The van der Waals surface area contributed by atoms with Crippen molar-refractivity contribution in [2.24, 2.45) is 7.05 Å². The van der Waals surface area contributed by atoms with Crippen molar-refractivity contribution >= 4 is 23.4 Å². The Morgan fingerprint density at radius 1 is 1.28 bits per heavy atom. The molecule has 9 nitrogen and oxygen atoms in total. The van der Waals surface area contributed by atoms with Crippen molar-refractivity contribution in [2.45, 2.75) is 25.0 Å². The number of nitrogens with zero attached hydrogens (tertiary/aromatic N) is 4. The van der Waals surface area contributed by atoms with E-state index in [4.69, 9.17) is 5.73 Å². The number of nitrogens with one attached hydrogen (secondary N) is 1. The number of hydrogen-bond acceptors (Lipinski definition) is 7. The summed E-state index contributed by atoms with van der Waals surface area (Å²) in [5, 5.41) is 8.34. The van der Waals surface area contributed by atoms with Gasteiger partial charge in [-0.15, -0.1) is 10.2 Å². The first-order chi connectivity index (χ1) is 13.8. The number of rotatable bonds is 7. The number of thioether (sulfide) groups is 1. The van der Waals surface area contributed by atoms with E-state index in [1.807, 2.05) is 6.92 Å². The number of aromatic nitrogens is 5. The predicted molar refractivity (Wildman–Crippen MR) is 107 cm³/mol.